The summed E-state index contributed by atoms with van der Waals surface area (Å²) in [6.07, 6.45) is 0.579. The molecule has 2 atom stereocenters. The normalized spacial score (nSPS) is 19.6. The Kier molecular flexibility index (Phi) is 6.63. The number of hydrogen-bond acceptors (Lipinski definition) is 8. The van der Waals surface area contributed by atoms with Gasteiger partial charge in [0.1, 0.15) is 0 Å². The molecule has 0 saturated carbocycles. The Morgan fingerprint density at radius 2 is 1.74 bits per heavy atom. The molecule has 0 saturated heterocycles. The van der Waals surface area contributed by atoms with Crippen molar-refractivity contribution >= 4 is 17.4 Å². The van der Waals surface area contributed by atoms with Gasteiger partial charge in [-0.2, -0.15) is 0 Å². The number of hydrogen-bond donors (Lipinski definition) is 2. The van der Waals surface area contributed by atoms with Gasteiger partial charge in [0.25, 0.3) is 0 Å². The predicted molar refractivity (Wildman–Crippen MR) is 125 cm³/mol. The lowest BCUT2D eigenvalue weighted by Gasteiger charge is -2.34. The van der Waals surface area contributed by atoms with Crippen LogP contribution in [0.2, 0.25) is 0 Å². The third kappa shape index (κ3) is 4.51. The van der Waals surface area contributed by atoms with Crippen LogP contribution in [0.1, 0.15) is 49.1 Å². The van der Waals surface area contributed by atoms with E-state index >= 15 is 0 Å². The Balaban J connectivity index is 1.75. The van der Waals surface area contributed by atoms with Gasteiger partial charge in [-0.1, -0.05) is 6.07 Å². The van der Waals surface area contributed by atoms with Gasteiger partial charge < -0.3 is 24.6 Å². The zero-order chi connectivity index (χ0) is 25.3. The summed E-state index contributed by atoms with van der Waals surface area (Å²) in [5.74, 6) is -0.835. The summed E-state index contributed by atoms with van der Waals surface area (Å²) < 4.78 is 16.1. The molecular weight excluding hydrogens is 456 g/mol. The van der Waals surface area contributed by atoms with E-state index in [2.05, 4.69) is 5.32 Å². The number of ketones is 1. The van der Waals surface area contributed by atoms with Gasteiger partial charge in [-0.3, -0.25) is 19.7 Å². The van der Waals surface area contributed by atoms with E-state index in [1.165, 1.54) is 19.2 Å². The molecule has 1 aliphatic carbocycles. The van der Waals surface area contributed by atoms with Crippen LogP contribution in [0.5, 0.6) is 23.0 Å². The van der Waals surface area contributed by atoms with Crippen LogP contribution in [-0.4, -0.2) is 42.5 Å². The molecule has 0 fully saturated rings. The average Bonchev–Trinajstić information content (AvgIpc) is 2.83. The lowest BCUT2D eigenvalue weighted by Crippen LogP contribution is -2.38. The van der Waals surface area contributed by atoms with Crippen molar-refractivity contribution in [2.45, 2.75) is 38.0 Å². The number of ether oxygens (including phenoxy) is 3. The van der Waals surface area contributed by atoms with Gasteiger partial charge in [-0.15, -0.1) is 0 Å². The number of rotatable bonds is 7. The summed E-state index contributed by atoms with van der Waals surface area (Å²) in [6.45, 7) is 1.87. The van der Waals surface area contributed by atoms with E-state index in [1.807, 2.05) is 12.1 Å². The number of amides is 1. The molecule has 0 spiro atoms. The summed E-state index contributed by atoms with van der Waals surface area (Å²) in [7, 11) is 3.08. The topological polar surface area (TPSA) is 137 Å². The number of nitrogens with zero attached hydrogens (tertiary/aromatic N) is 1. The number of nitro benzene ring substituents is 1. The van der Waals surface area contributed by atoms with Gasteiger partial charge in [-0.05, 0) is 48.6 Å². The van der Waals surface area contributed by atoms with Gasteiger partial charge in [0, 0.05) is 36.1 Å². The fourth-order valence-corrected chi connectivity index (χ4v) is 4.81. The maximum absolute atomic E-state index is 13.4. The van der Waals surface area contributed by atoms with E-state index in [4.69, 9.17) is 14.2 Å². The third-order valence-electron chi connectivity index (χ3n) is 6.39. The molecule has 35 heavy (non-hydrogen) atoms. The first-order valence-electron chi connectivity index (χ1n) is 11.2. The molecular formula is C25H26N2O8. The molecule has 1 heterocycles. The van der Waals surface area contributed by atoms with Crippen LogP contribution >= 0.6 is 0 Å². The minimum Gasteiger partial charge on any atom is -0.500 e. The van der Waals surface area contributed by atoms with Gasteiger partial charge in [0.05, 0.1) is 25.7 Å². The summed E-state index contributed by atoms with van der Waals surface area (Å²) in [4.78, 5) is 36.8. The molecule has 4 rings (SSSR count). The molecule has 0 radical (unpaired) electrons. The molecule has 2 aliphatic rings. The number of carbonyl (C=O) groups excluding carboxylic acids is 2. The Morgan fingerprint density at radius 3 is 2.40 bits per heavy atom. The van der Waals surface area contributed by atoms with E-state index in [0.29, 0.717) is 34.8 Å². The number of allylic oxidation sites excluding steroid dienone is 2. The first-order chi connectivity index (χ1) is 16.8. The van der Waals surface area contributed by atoms with Crippen LogP contribution in [-0.2, 0) is 9.59 Å². The van der Waals surface area contributed by atoms with Crippen molar-refractivity contribution in [3.63, 3.8) is 0 Å². The Hall–Kier alpha value is -4.08. The number of carbonyl (C=O) groups is 2. The number of nitrogens with one attached hydrogen (secondary N) is 1. The lowest BCUT2D eigenvalue weighted by molar-refractivity contribution is -0.386. The number of phenols is 1. The van der Waals surface area contributed by atoms with Gasteiger partial charge >= 0.3 is 5.69 Å². The second kappa shape index (κ2) is 9.65. The van der Waals surface area contributed by atoms with Gasteiger partial charge in [0.15, 0.2) is 23.0 Å². The first kappa shape index (κ1) is 24.1. The zero-order valence-corrected chi connectivity index (χ0v) is 19.6. The highest BCUT2D eigenvalue weighted by Gasteiger charge is 2.39. The number of methoxy groups -OCH3 is 2. The second-order valence-corrected chi connectivity index (χ2v) is 8.42. The third-order valence-corrected chi connectivity index (χ3v) is 6.39. The fourth-order valence-electron chi connectivity index (χ4n) is 4.81. The van der Waals surface area contributed by atoms with Gasteiger partial charge in [0.2, 0.25) is 11.7 Å². The van der Waals surface area contributed by atoms with Crippen LogP contribution in [0, 0.1) is 10.1 Å². The first-order valence-corrected chi connectivity index (χ1v) is 11.2. The van der Waals surface area contributed by atoms with Crippen LogP contribution in [0.4, 0.5) is 5.69 Å². The van der Waals surface area contributed by atoms with Crippen molar-refractivity contribution in [1.29, 1.82) is 0 Å². The summed E-state index contributed by atoms with van der Waals surface area (Å²) >= 11 is 0. The summed E-state index contributed by atoms with van der Waals surface area (Å²) in [5.41, 5.74) is 1.65. The minimum absolute atomic E-state index is 0.0426. The van der Waals surface area contributed by atoms with Crippen LogP contribution in [0.15, 0.2) is 41.6 Å². The maximum atomic E-state index is 13.4. The summed E-state index contributed by atoms with van der Waals surface area (Å²) in [6, 6.07) is 8.13. The number of phenolic OH excluding ortho intramolecular Hbond substituents is 1. The number of aromatic hydroxyl groups is 1. The van der Waals surface area contributed by atoms with Crippen molar-refractivity contribution in [3.05, 3.63) is 62.8 Å². The molecule has 10 nitrogen and oxygen atoms in total. The van der Waals surface area contributed by atoms with Gasteiger partial charge in [-0.25, -0.2) is 0 Å². The number of Topliss-reactive ketones (excluding diaryl/α,β-unsaturated/α-hetero) is 1. The molecule has 2 N–H and O–H groups in total. The molecule has 1 aliphatic heterocycles. The molecule has 2 aromatic rings. The average molecular weight is 482 g/mol. The Bertz CT molecular complexity index is 1240. The highest BCUT2D eigenvalue weighted by Crippen LogP contribution is 2.46. The summed E-state index contributed by atoms with van der Waals surface area (Å²) in [5, 5.41) is 24.6. The standard InChI is InChI=1S/C25H26N2O8/c1-4-35-22-11-15(8-18(25(22)30)27(31)32)16-12-23(29)26-17-7-14(9-19(28)24(16)17)13-5-6-20(33-2)21(10-13)34-3/h5-6,8,10-11,14,16,30H,4,7,9,12H2,1-3H3,(H,26,29). The minimum atomic E-state index is -0.713. The van der Waals surface area contributed by atoms with E-state index < -0.39 is 22.3 Å². The molecule has 2 unspecified atom stereocenters. The smallest absolute Gasteiger partial charge is 0.314 e. The van der Waals surface area contributed by atoms with E-state index in [9.17, 15) is 24.8 Å². The van der Waals surface area contributed by atoms with E-state index in [0.717, 1.165) is 5.56 Å². The predicted octanol–water partition coefficient (Wildman–Crippen LogP) is 3.72. The van der Waals surface area contributed by atoms with E-state index in [1.54, 1.807) is 20.1 Å². The Morgan fingerprint density at radius 1 is 1.03 bits per heavy atom. The molecule has 0 aromatic heterocycles. The zero-order valence-electron chi connectivity index (χ0n) is 19.6. The fraction of sp³-hybridized carbons (Fsp3) is 0.360. The molecule has 2 aromatic carbocycles. The number of benzene rings is 2. The molecule has 0 bridgehead atoms. The Labute approximate surface area is 201 Å². The quantitative estimate of drug-likeness (QED) is 0.450. The highest BCUT2D eigenvalue weighted by atomic mass is 16.6. The SMILES string of the molecule is CCOc1cc(C2CC(=O)NC3=C2C(=O)CC(c2ccc(OC)c(OC)c2)C3)cc([N+](=O)[O-])c1O. The second-order valence-electron chi connectivity index (χ2n) is 8.42. The molecule has 10 heteroatoms. The lowest BCUT2D eigenvalue weighted by atomic mass is 9.73. The molecule has 1 amide bonds. The van der Waals surface area contributed by atoms with E-state index in [-0.39, 0.29) is 42.8 Å². The van der Waals surface area contributed by atoms with Crippen molar-refractivity contribution in [2.24, 2.45) is 0 Å². The van der Waals surface area contributed by atoms with Crippen molar-refractivity contribution in [3.8, 4) is 23.0 Å². The largest absolute Gasteiger partial charge is 0.500 e. The molecule has 184 valence electrons. The van der Waals surface area contributed by atoms with Crippen LogP contribution in [0.3, 0.4) is 0 Å². The maximum Gasteiger partial charge on any atom is 0.314 e. The van der Waals surface area contributed by atoms with Crippen molar-refractivity contribution in [2.75, 3.05) is 20.8 Å². The highest BCUT2D eigenvalue weighted by molar-refractivity contribution is 6.02. The van der Waals surface area contributed by atoms with Crippen LogP contribution in [0.25, 0.3) is 0 Å². The van der Waals surface area contributed by atoms with Crippen LogP contribution < -0.4 is 19.5 Å². The number of nitro groups is 1. The van der Waals surface area contributed by atoms with Crippen molar-refractivity contribution < 1.29 is 33.8 Å². The van der Waals surface area contributed by atoms with Crippen molar-refractivity contribution in [1.82, 2.24) is 5.32 Å². The monoisotopic (exact) mass is 482 g/mol.